The Morgan fingerprint density at radius 2 is 1.05 bits per heavy atom. The highest BCUT2D eigenvalue weighted by Gasteiger charge is 2.98. The van der Waals surface area contributed by atoms with Gasteiger partial charge in [0.25, 0.3) is 0 Å². The van der Waals surface area contributed by atoms with Gasteiger partial charge in [0.15, 0.2) is 0 Å². The second-order valence-electron chi connectivity index (χ2n) is 10.7. The van der Waals surface area contributed by atoms with Crippen LogP contribution in [0.4, 0.5) is 0 Å². The largest absolute Gasteiger partial charge is 0.377 e. The van der Waals surface area contributed by atoms with E-state index >= 15 is 0 Å². The molecule has 0 aromatic rings. The van der Waals surface area contributed by atoms with Crippen molar-refractivity contribution < 1.29 is 9.47 Å². The Morgan fingerprint density at radius 3 is 1.55 bits per heavy atom. The van der Waals surface area contributed by atoms with Crippen molar-refractivity contribution >= 4 is 0 Å². The van der Waals surface area contributed by atoms with Gasteiger partial charge >= 0.3 is 0 Å². The van der Waals surface area contributed by atoms with Crippen LogP contribution in [-0.2, 0) is 9.47 Å². The van der Waals surface area contributed by atoms with Crippen LogP contribution in [0.3, 0.4) is 0 Å². The average Bonchev–Trinajstić information content (AvgIpc) is 3.29. The van der Waals surface area contributed by atoms with Crippen LogP contribution in [0.5, 0.6) is 0 Å². The van der Waals surface area contributed by atoms with E-state index in [9.17, 15) is 0 Å². The van der Waals surface area contributed by atoms with Gasteiger partial charge in [0.05, 0.1) is 25.4 Å². The number of hydrogen-bond acceptors (Lipinski definition) is 2. The highest BCUT2D eigenvalue weighted by atomic mass is 16.5. The van der Waals surface area contributed by atoms with Crippen molar-refractivity contribution in [3.8, 4) is 0 Å². The first kappa shape index (κ1) is 10.7. The van der Waals surface area contributed by atoms with Gasteiger partial charge < -0.3 is 9.47 Å². The second kappa shape index (κ2) is 2.65. The van der Waals surface area contributed by atoms with Crippen LogP contribution >= 0.6 is 0 Å². The third-order valence-electron chi connectivity index (χ3n) is 11.6. The highest BCUT2D eigenvalue weighted by Crippen LogP contribution is 2.98. The van der Waals surface area contributed by atoms with Gasteiger partial charge in [-0.3, -0.25) is 0 Å². The zero-order valence-corrected chi connectivity index (χ0v) is 13.0. The average molecular weight is 296 g/mol. The van der Waals surface area contributed by atoms with Crippen molar-refractivity contribution in [1.82, 2.24) is 0 Å². The summed E-state index contributed by atoms with van der Waals surface area (Å²) in [5.74, 6) is 10.6. The van der Waals surface area contributed by atoms with Crippen LogP contribution in [-0.4, -0.2) is 25.4 Å². The lowest BCUT2D eigenvalue weighted by Crippen LogP contribution is -2.67. The first-order valence-corrected chi connectivity index (χ1v) is 10.1. The summed E-state index contributed by atoms with van der Waals surface area (Å²) in [5, 5.41) is 0. The molecule has 0 unspecified atom stereocenters. The lowest BCUT2D eigenvalue weighted by Gasteiger charge is -2.65. The third kappa shape index (κ3) is 0.624. The molecule has 2 heterocycles. The standard InChI is InChI=1S/C20H24O2/c1-3-9-11-7(1)15-13-14-16-8-2-4-10-12(8)18(14)19(15,5-22-10)20(16,6-21-9)17(11)13/h7-18H,1-6H2/t7-,8-,9-,10+,11-,12+,13-,14-,15-,16+,17-,18-,19+,20+/m1/s1. The molecule has 8 aliphatic carbocycles. The Kier molecular flexibility index (Phi) is 1.29. The molecule has 10 aliphatic rings. The molecule has 0 aromatic carbocycles. The fraction of sp³-hybridized carbons (Fsp3) is 1.00. The minimum Gasteiger partial charge on any atom is -0.377 e. The van der Waals surface area contributed by atoms with E-state index in [0.717, 1.165) is 72.4 Å². The van der Waals surface area contributed by atoms with E-state index < -0.39 is 0 Å². The molecule has 2 heteroatoms. The van der Waals surface area contributed by atoms with E-state index in [-0.39, 0.29) is 0 Å². The Morgan fingerprint density at radius 1 is 0.545 bits per heavy atom. The molecule has 0 radical (unpaired) electrons. The summed E-state index contributed by atoms with van der Waals surface area (Å²) in [4.78, 5) is 0. The highest BCUT2D eigenvalue weighted by molar-refractivity contribution is 5.44. The van der Waals surface area contributed by atoms with E-state index in [2.05, 4.69) is 0 Å². The summed E-state index contributed by atoms with van der Waals surface area (Å²) in [6.07, 6.45) is 7.09. The summed E-state index contributed by atoms with van der Waals surface area (Å²) in [6.45, 7) is 2.29. The Labute approximate surface area is 131 Å². The van der Waals surface area contributed by atoms with Crippen molar-refractivity contribution in [2.24, 2.45) is 70.0 Å². The van der Waals surface area contributed by atoms with Crippen LogP contribution < -0.4 is 0 Å². The Hall–Kier alpha value is -0.0800. The summed E-state index contributed by atoms with van der Waals surface area (Å²) < 4.78 is 13.3. The monoisotopic (exact) mass is 296 g/mol. The minimum absolute atomic E-state index is 0.607. The molecule has 0 N–H and O–H groups in total. The number of ether oxygens (including phenoxy) is 2. The van der Waals surface area contributed by atoms with Gasteiger partial charge in [0.2, 0.25) is 0 Å². The molecule has 2 nitrogen and oxygen atoms in total. The Balaban J connectivity index is 1.41. The second-order valence-corrected chi connectivity index (χ2v) is 10.7. The molecular weight excluding hydrogens is 272 g/mol. The van der Waals surface area contributed by atoms with Crippen LogP contribution in [0.1, 0.15) is 25.7 Å². The van der Waals surface area contributed by atoms with Crippen LogP contribution in [0.25, 0.3) is 0 Å². The van der Waals surface area contributed by atoms with Crippen LogP contribution in [0.2, 0.25) is 0 Å². The van der Waals surface area contributed by atoms with Crippen molar-refractivity contribution in [2.45, 2.75) is 37.9 Å². The molecule has 2 saturated heterocycles. The van der Waals surface area contributed by atoms with Gasteiger partial charge in [-0.1, -0.05) is 0 Å². The van der Waals surface area contributed by atoms with E-state index in [1.54, 1.807) is 0 Å². The van der Waals surface area contributed by atoms with Crippen molar-refractivity contribution in [3.05, 3.63) is 0 Å². The Bertz CT molecular complexity index is 588. The van der Waals surface area contributed by atoms with Gasteiger partial charge in [0, 0.05) is 10.8 Å². The van der Waals surface area contributed by atoms with Crippen LogP contribution in [0, 0.1) is 70.0 Å². The summed E-state index contributed by atoms with van der Waals surface area (Å²) in [7, 11) is 0. The predicted molar refractivity (Wildman–Crippen MR) is 77.7 cm³/mol. The van der Waals surface area contributed by atoms with Gasteiger partial charge in [0.1, 0.15) is 0 Å². The van der Waals surface area contributed by atoms with E-state index in [1.807, 2.05) is 0 Å². The summed E-state index contributed by atoms with van der Waals surface area (Å²) >= 11 is 0. The van der Waals surface area contributed by atoms with Gasteiger partial charge in [-0.05, 0) is 84.9 Å². The molecule has 8 saturated carbocycles. The van der Waals surface area contributed by atoms with Gasteiger partial charge in [-0.15, -0.1) is 0 Å². The fourth-order valence-electron chi connectivity index (χ4n) is 12.4. The zero-order valence-electron chi connectivity index (χ0n) is 13.0. The lowest BCUT2D eigenvalue weighted by atomic mass is 9.43. The molecule has 10 fully saturated rings. The maximum atomic E-state index is 6.64. The molecule has 2 aliphatic heterocycles. The molecule has 0 aromatic heterocycles. The first-order chi connectivity index (χ1) is 10.9. The molecule has 10 rings (SSSR count). The number of rotatable bonds is 0. The zero-order chi connectivity index (χ0) is 13.6. The van der Waals surface area contributed by atoms with E-state index in [1.165, 1.54) is 25.7 Å². The maximum absolute atomic E-state index is 6.64. The molecule has 116 valence electrons. The lowest BCUT2D eigenvalue weighted by molar-refractivity contribution is -0.275. The third-order valence-corrected chi connectivity index (χ3v) is 11.6. The quantitative estimate of drug-likeness (QED) is 0.684. The summed E-state index contributed by atoms with van der Waals surface area (Å²) in [5.41, 5.74) is 1.21. The van der Waals surface area contributed by atoms with Gasteiger partial charge in [-0.25, -0.2) is 0 Å². The van der Waals surface area contributed by atoms with E-state index in [4.69, 9.17) is 9.47 Å². The smallest absolute Gasteiger partial charge is 0.0609 e. The fourth-order valence-corrected chi connectivity index (χ4v) is 12.4. The molecule has 14 atom stereocenters. The minimum atomic E-state index is 0.607. The molecule has 2 spiro atoms. The molecular formula is C20H24O2. The first-order valence-electron chi connectivity index (χ1n) is 10.1. The number of hydrogen-bond donors (Lipinski definition) is 0. The molecule has 0 amide bonds. The van der Waals surface area contributed by atoms with Crippen molar-refractivity contribution in [2.75, 3.05) is 13.2 Å². The van der Waals surface area contributed by atoms with Gasteiger partial charge in [-0.2, -0.15) is 0 Å². The molecule has 8 bridgehead atoms. The molecule has 22 heavy (non-hydrogen) atoms. The van der Waals surface area contributed by atoms with Crippen molar-refractivity contribution in [1.29, 1.82) is 0 Å². The normalized spacial score (nSPS) is 85.1. The summed E-state index contributed by atoms with van der Waals surface area (Å²) in [6, 6.07) is 0. The topological polar surface area (TPSA) is 18.5 Å². The van der Waals surface area contributed by atoms with E-state index in [0.29, 0.717) is 23.0 Å². The maximum Gasteiger partial charge on any atom is 0.0609 e. The van der Waals surface area contributed by atoms with Crippen LogP contribution in [0.15, 0.2) is 0 Å². The predicted octanol–water partition coefficient (Wildman–Crippen LogP) is 2.57. The SMILES string of the molecule is C1C[C@H]2OC[C@]34[C@H]5[C@@H]6[C@H]7[C@H]8[C@H]9[C@@H](CC[C@@H]9OC[C@]83[C@@H]6[C@H]1[C@@H]52)[C@@H]74. The van der Waals surface area contributed by atoms with Crippen molar-refractivity contribution in [3.63, 3.8) is 0 Å².